The minimum absolute atomic E-state index is 0.557. The smallest absolute Gasteiger partial charge is 0.216 e. The highest BCUT2D eigenvalue weighted by Gasteiger charge is 2.02. The van der Waals surface area contributed by atoms with E-state index in [0.717, 1.165) is 16.0 Å². The van der Waals surface area contributed by atoms with Crippen molar-refractivity contribution in [1.82, 2.24) is 0 Å². The summed E-state index contributed by atoms with van der Waals surface area (Å²) in [5.74, 6) is 0. The number of hydrogen-bond acceptors (Lipinski definition) is 2. The Bertz CT molecular complexity index is 574. The molecule has 4 heteroatoms. The summed E-state index contributed by atoms with van der Waals surface area (Å²) in [7, 11) is 3.96. The van der Waals surface area contributed by atoms with Crippen molar-refractivity contribution in [1.29, 1.82) is 0 Å². The van der Waals surface area contributed by atoms with E-state index >= 15 is 0 Å². The van der Waals surface area contributed by atoms with Crippen LogP contribution in [-0.4, -0.2) is 25.0 Å². The molecule has 0 spiro atoms. The maximum Gasteiger partial charge on any atom is 0.216 e. The van der Waals surface area contributed by atoms with E-state index < -0.39 is 0 Å². The Morgan fingerprint density at radius 1 is 1.00 bits per heavy atom. The summed E-state index contributed by atoms with van der Waals surface area (Å²) in [4.78, 5) is 2.01. The molecule has 0 aliphatic carbocycles. The van der Waals surface area contributed by atoms with Gasteiger partial charge in [0.15, 0.2) is 6.21 Å². The van der Waals surface area contributed by atoms with E-state index in [2.05, 4.69) is 0 Å². The average molecular weight is 275 g/mol. The molecular formula is C15H15ClN2O. The Morgan fingerprint density at radius 2 is 1.58 bits per heavy atom. The zero-order valence-corrected chi connectivity index (χ0v) is 11.6. The monoisotopic (exact) mass is 274 g/mol. The normalized spacial score (nSPS) is 11.4. The third-order valence-electron chi connectivity index (χ3n) is 2.76. The lowest BCUT2D eigenvalue weighted by molar-refractivity contribution is -0.354. The topological polar surface area (TPSA) is 29.3 Å². The molecule has 2 aromatic carbocycles. The zero-order chi connectivity index (χ0) is 13.8. The van der Waals surface area contributed by atoms with Crippen LogP contribution in [0.25, 0.3) is 0 Å². The minimum Gasteiger partial charge on any atom is -0.618 e. The number of halogens is 1. The average Bonchev–Trinajstić information content (AvgIpc) is 2.40. The van der Waals surface area contributed by atoms with E-state index in [1.54, 1.807) is 30.5 Å². The number of nitrogens with zero attached hydrogens (tertiary/aromatic N) is 2. The van der Waals surface area contributed by atoms with Gasteiger partial charge in [-0.25, -0.2) is 0 Å². The molecule has 0 aliphatic rings. The van der Waals surface area contributed by atoms with Gasteiger partial charge in [-0.15, -0.1) is 0 Å². The standard InChI is InChI=1S/C15H15ClN2O/c1-17(2)14-7-3-12(4-8-14)11-18(19)15-9-5-13(16)6-10-15/h3-11H,1-2H3. The second-order valence-corrected chi connectivity index (χ2v) is 4.85. The molecular weight excluding hydrogens is 260 g/mol. The van der Waals surface area contributed by atoms with Crippen molar-refractivity contribution >= 4 is 29.2 Å². The molecule has 0 saturated carbocycles. The van der Waals surface area contributed by atoms with Gasteiger partial charge in [0.1, 0.15) is 0 Å². The van der Waals surface area contributed by atoms with Crippen LogP contribution in [0.3, 0.4) is 0 Å². The highest BCUT2D eigenvalue weighted by molar-refractivity contribution is 6.30. The fraction of sp³-hybridized carbons (Fsp3) is 0.133. The Morgan fingerprint density at radius 3 is 2.11 bits per heavy atom. The Balaban J connectivity index is 2.22. The van der Waals surface area contributed by atoms with E-state index in [9.17, 15) is 5.21 Å². The third-order valence-corrected chi connectivity index (χ3v) is 3.01. The summed E-state index contributed by atoms with van der Waals surface area (Å²) in [6.07, 6.45) is 1.54. The summed E-state index contributed by atoms with van der Waals surface area (Å²) < 4.78 is 0.834. The van der Waals surface area contributed by atoms with Crippen LogP contribution in [0.4, 0.5) is 11.4 Å². The molecule has 0 heterocycles. The van der Waals surface area contributed by atoms with Gasteiger partial charge in [0.25, 0.3) is 0 Å². The van der Waals surface area contributed by atoms with Crippen molar-refractivity contribution in [2.45, 2.75) is 0 Å². The predicted octanol–water partition coefficient (Wildman–Crippen LogP) is 3.67. The van der Waals surface area contributed by atoms with Crippen LogP contribution < -0.4 is 4.90 Å². The van der Waals surface area contributed by atoms with Crippen molar-refractivity contribution in [3.8, 4) is 0 Å². The highest BCUT2D eigenvalue weighted by Crippen LogP contribution is 2.16. The van der Waals surface area contributed by atoms with Crippen molar-refractivity contribution in [2.24, 2.45) is 0 Å². The lowest BCUT2D eigenvalue weighted by Gasteiger charge is -2.11. The molecule has 3 nitrogen and oxygen atoms in total. The SMILES string of the molecule is CN(C)c1ccc(C=[N+]([O-])c2ccc(Cl)cc2)cc1. The van der Waals surface area contributed by atoms with Crippen molar-refractivity contribution in [3.05, 3.63) is 64.3 Å². The van der Waals surface area contributed by atoms with E-state index in [4.69, 9.17) is 11.6 Å². The molecule has 0 amide bonds. The van der Waals surface area contributed by atoms with Crippen molar-refractivity contribution < 1.29 is 4.74 Å². The van der Waals surface area contributed by atoms with Gasteiger partial charge in [-0.1, -0.05) is 11.6 Å². The van der Waals surface area contributed by atoms with E-state index in [1.165, 1.54) is 0 Å². The molecule has 0 radical (unpaired) electrons. The third kappa shape index (κ3) is 3.48. The maximum absolute atomic E-state index is 12.0. The van der Waals surface area contributed by atoms with Crippen molar-refractivity contribution in [2.75, 3.05) is 19.0 Å². The van der Waals surface area contributed by atoms with Gasteiger partial charge < -0.3 is 10.1 Å². The largest absolute Gasteiger partial charge is 0.618 e. The molecule has 98 valence electrons. The van der Waals surface area contributed by atoms with Crippen LogP contribution in [0.1, 0.15) is 5.56 Å². The first-order valence-electron chi connectivity index (χ1n) is 5.90. The number of anilines is 1. The van der Waals surface area contributed by atoms with Gasteiger partial charge in [-0.2, -0.15) is 4.74 Å². The lowest BCUT2D eigenvalue weighted by Crippen LogP contribution is -2.08. The van der Waals surface area contributed by atoms with Crippen LogP contribution in [0.15, 0.2) is 48.5 Å². The molecule has 2 aromatic rings. The summed E-state index contributed by atoms with van der Waals surface area (Å²) in [5, 5.41) is 12.6. The zero-order valence-electron chi connectivity index (χ0n) is 10.9. The fourth-order valence-corrected chi connectivity index (χ4v) is 1.78. The van der Waals surface area contributed by atoms with Gasteiger partial charge in [0.05, 0.1) is 0 Å². The summed E-state index contributed by atoms with van der Waals surface area (Å²) >= 11 is 5.79. The quantitative estimate of drug-likeness (QED) is 0.370. The van der Waals surface area contributed by atoms with Gasteiger partial charge >= 0.3 is 0 Å². The predicted molar refractivity (Wildman–Crippen MR) is 80.7 cm³/mol. The summed E-state index contributed by atoms with van der Waals surface area (Å²) in [6.45, 7) is 0. The minimum atomic E-state index is 0.557. The Hall–Kier alpha value is -2.00. The Kier molecular flexibility index (Phi) is 4.07. The highest BCUT2D eigenvalue weighted by atomic mass is 35.5. The van der Waals surface area contributed by atoms with E-state index in [1.807, 2.05) is 43.3 Å². The second-order valence-electron chi connectivity index (χ2n) is 4.42. The van der Waals surface area contributed by atoms with Crippen LogP contribution in [0.5, 0.6) is 0 Å². The van der Waals surface area contributed by atoms with Gasteiger partial charge in [-0.3, -0.25) is 0 Å². The molecule has 0 unspecified atom stereocenters. The molecule has 19 heavy (non-hydrogen) atoms. The molecule has 0 aromatic heterocycles. The molecule has 0 saturated heterocycles. The number of hydrogen-bond donors (Lipinski definition) is 0. The first-order valence-corrected chi connectivity index (χ1v) is 6.28. The second kappa shape index (κ2) is 5.76. The Labute approximate surface area is 117 Å². The van der Waals surface area contributed by atoms with Crippen LogP contribution in [0, 0.1) is 5.21 Å². The summed E-state index contributed by atoms with van der Waals surface area (Å²) in [5.41, 5.74) is 2.51. The number of rotatable bonds is 3. The van der Waals surface area contributed by atoms with Gasteiger partial charge in [0, 0.05) is 42.5 Å². The van der Waals surface area contributed by atoms with Crippen LogP contribution in [-0.2, 0) is 0 Å². The maximum atomic E-state index is 12.0. The first kappa shape index (κ1) is 13.4. The molecule has 0 N–H and O–H groups in total. The van der Waals surface area contributed by atoms with Crippen LogP contribution in [0.2, 0.25) is 5.02 Å². The summed E-state index contributed by atoms with van der Waals surface area (Å²) in [6, 6.07) is 14.6. The van der Waals surface area contributed by atoms with E-state index in [-0.39, 0.29) is 0 Å². The fourth-order valence-electron chi connectivity index (χ4n) is 1.66. The van der Waals surface area contributed by atoms with Gasteiger partial charge in [0.2, 0.25) is 5.69 Å². The van der Waals surface area contributed by atoms with Crippen LogP contribution >= 0.6 is 11.6 Å². The lowest BCUT2D eigenvalue weighted by atomic mass is 10.2. The molecule has 0 fully saturated rings. The van der Waals surface area contributed by atoms with Gasteiger partial charge in [-0.05, 0) is 36.4 Å². The molecule has 0 atom stereocenters. The molecule has 0 bridgehead atoms. The first-order chi connectivity index (χ1) is 9.06. The number of benzene rings is 2. The van der Waals surface area contributed by atoms with E-state index in [0.29, 0.717) is 10.7 Å². The molecule has 0 aliphatic heterocycles. The van der Waals surface area contributed by atoms with Crippen molar-refractivity contribution in [3.63, 3.8) is 0 Å². The molecule has 2 rings (SSSR count).